The van der Waals surface area contributed by atoms with E-state index in [1.807, 2.05) is 0 Å². The molecule has 0 saturated heterocycles. The normalized spacial score (nSPS) is 10.7. The largest absolute Gasteiger partial charge is 0.461 e. The van der Waals surface area contributed by atoms with E-state index in [9.17, 15) is 24.0 Å². The standard InChI is InChI=1S/C18H23N3O9/c1-3-14(22)28-12-9-20-16(24)19(8-6-5-7-11-30-27)17(25)21(18(20)26)10-13-29-15(23)4-2/h3-4,6,8,27H,1-2,5,7,9-13H2. The molecular formula is C18H23N3O9. The quantitative estimate of drug-likeness (QED) is 0.143. The number of esters is 2. The molecule has 1 aromatic rings. The van der Waals surface area contributed by atoms with Crippen molar-refractivity contribution in [3.63, 3.8) is 0 Å². The maximum atomic E-state index is 12.6. The maximum Gasteiger partial charge on any atom is 0.340 e. The molecule has 1 rings (SSSR count). The summed E-state index contributed by atoms with van der Waals surface area (Å²) >= 11 is 0. The van der Waals surface area contributed by atoms with Crippen molar-refractivity contribution < 1.29 is 29.2 Å². The van der Waals surface area contributed by atoms with Gasteiger partial charge in [0.25, 0.3) is 0 Å². The lowest BCUT2D eigenvalue weighted by atomic mass is 10.3. The molecule has 0 unspecified atom stereocenters. The predicted molar refractivity (Wildman–Crippen MR) is 105 cm³/mol. The highest BCUT2D eigenvalue weighted by atomic mass is 17.1. The van der Waals surface area contributed by atoms with Gasteiger partial charge in [0, 0.05) is 18.4 Å². The first kappa shape index (κ1) is 24.5. The molecule has 0 aliphatic heterocycles. The number of ether oxygens (including phenoxy) is 2. The second-order valence-corrected chi connectivity index (χ2v) is 5.62. The highest BCUT2D eigenvalue weighted by molar-refractivity contribution is 5.81. The van der Waals surface area contributed by atoms with Gasteiger partial charge in [-0.25, -0.2) is 42.6 Å². The summed E-state index contributed by atoms with van der Waals surface area (Å²) in [6.45, 7) is 5.30. The molecule has 0 fully saturated rings. The molecule has 1 aromatic heterocycles. The number of allylic oxidation sites excluding steroid dienone is 1. The third kappa shape index (κ3) is 7.14. The van der Waals surface area contributed by atoms with Crippen molar-refractivity contribution >= 4 is 18.1 Å². The summed E-state index contributed by atoms with van der Waals surface area (Å²) in [6.07, 6.45) is 5.31. The first-order valence-corrected chi connectivity index (χ1v) is 8.85. The Balaban J connectivity index is 3.24. The second-order valence-electron chi connectivity index (χ2n) is 5.62. The van der Waals surface area contributed by atoms with Crippen LogP contribution < -0.4 is 17.1 Å². The lowest BCUT2D eigenvalue weighted by Gasteiger charge is -2.12. The van der Waals surface area contributed by atoms with Crippen LogP contribution >= 0.6 is 0 Å². The van der Waals surface area contributed by atoms with Crippen molar-refractivity contribution in [1.82, 2.24) is 13.7 Å². The minimum atomic E-state index is -0.951. The Hall–Kier alpha value is -3.51. The molecule has 164 valence electrons. The van der Waals surface area contributed by atoms with E-state index in [4.69, 9.17) is 14.7 Å². The summed E-state index contributed by atoms with van der Waals surface area (Å²) in [7, 11) is 0. The van der Waals surface area contributed by atoms with Gasteiger partial charge in [-0.3, -0.25) is 5.26 Å². The lowest BCUT2D eigenvalue weighted by molar-refractivity contribution is -0.242. The Kier molecular flexibility index (Phi) is 10.5. The van der Waals surface area contributed by atoms with Crippen molar-refractivity contribution in [3.05, 3.63) is 62.8 Å². The zero-order chi connectivity index (χ0) is 22.5. The molecule has 0 radical (unpaired) electrons. The second kappa shape index (κ2) is 12.9. The zero-order valence-electron chi connectivity index (χ0n) is 16.2. The first-order chi connectivity index (χ1) is 14.4. The van der Waals surface area contributed by atoms with Crippen molar-refractivity contribution in [2.24, 2.45) is 0 Å². The van der Waals surface area contributed by atoms with Crippen LogP contribution in [0.4, 0.5) is 0 Å². The van der Waals surface area contributed by atoms with Crippen LogP contribution in [0.2, 0.25) is 0 Å². The molecule has 30 heavy (non-hydrogen) atoms. The third-order valence-corrected chi connectivity index (χ3v) is 3.65. The van der Waals surface area contributed by atoms with Crippen molar-refractivity contribution in [2.75, 3.05) is 19.8 Å². The number of unbranched alkanes of at least 4 members (excludes halogenated alkanes) is 1. The smallest absolute Gasteiger partial charge is 0.340 e. The average molecular weight is 425 g/mol. The number of hydrogen-bond donors (Lipinski definition) is 1. The monoisotopic (exact) mass is 425 g/mol. The topological polar surface area (TPSA) is 148 Å². The first-order valence-electron chi connectivity index (χ1n) is 8.85. The molecule has 0 aromatic carbocycles. The Morgan fingerprint density at radius 2 is 1.37 bits per heavy atom. The van der Waals surface area contributed by atoms with Gasteiger partial charge in [0.15, 0.2) is 0 Å². The fourth-order valence-corrected chi connectivity index (χ4v) is 2.20. The van der Waals surface area contributed by atoms with Crippen LogP contribution in [-0.4, -0.2) is 50.7 Å². The third-order valence-electron chi connectivity index (χ3n) is 3.65. The van der Waals surface area contributed by atoms with Crippen molar-refractivity contribution in [3.8, 4) is 0 Å². The molecule has 0 amide bonds. The molecule has 1 heterocycles. The molecule has 0 atom stereocenters. The van der Waals surface area contributed by atoms with Crippen molar-refractivity contribution in [1.29, 1.82) is 0 Å². The molecule has 12 nitrogen and oxygen atoms in total. The van der Waals surface area contributed by atoms with E-state index < -0.39 is 29.0 Å². The Morgan fingerprint density at radius 1 is 0.867 bits per heavy atom. The van der Waals surface area contributed by atoms with Gasteiger partial charge in [0.05, 0.1) is 19.7 Å². The fourth-order valence-electron chi connectivity index (χ4n) is 2.20. The van der Waals surface area contributed by atoms with Crippen LogP contribution in [0.1, 0.15) is 12.8 Å². The van der Waals surface area contributed by atoms with E-state index in [2.05, 4.69) is 18.0 Å². The number of carbonyl (C=O) groups excluding carboxylic acids is 2. The van der Waals surface area contributed by atoms with Gasteiger partial charge in [-0.15, -0.1) is 0 Å². The van der Waals surface area contributed by atoms with Gasteiger partial charge in [0.1, 0.15) is 13.2 Å². The highest BCUT2D eigenvalue weighted by Crippen LogP contribution is 1.92. The van der Waals surface area contributed by atoms with Gasteiger partial charge in [-0.2, -0.15) is 0 Å². The summed E-state index contributed by atoms with van der Waals surface area (Å²) < 4.78 is 11.7. The van der Waals surface area contributed by atoms with Gasteiger partial charge in [-0.05, 0) is 12.8 Å². The maximum absolute atomic E-state index is 12.6. The van der Waals surface area contributed by atoms with Crippen LogP contribution in [0, 0.1) is 0 Å². The van der Waals surface area contributed by atoms with Gasteiger partial charge in [0.2, 0.25) is 0 Å². The average Bonchev–Trinajstić information content (AvgIpc) is 2.74. The van der Waals surface area contributed by atoms with Gasteiger partial charge >= 0.3 is 29.0 Å². The summed E-state index contributed by atoms with van der Waals surface area (Å²) in [6, 6.07) is 0. The Morgan fingerprint density at radius 3 is 1.80 bits per heavy atom. The molecular weight excluding hydrogens is 402 g/mol. The van der Waals surface area contributed by atoms with E-state index in [0.29, 0.717) is 26.5 Å². The summed E-state index contributed by atoms with van der Waals surface area (Å²) in [5.41, 5.74) is -2.82. The number of hydrogen-bond acceptors (Lipinski definition) is 9. The summed E-state index contributed by atoms with van der Waals surface area (Å²) in [5, 5.41) is 8.30. The SMILES string of the molecule is C=CC(=O)OCCn1c(=O)n(C=CCCCOO)c(=O)n(CCOC(=O)C=C)c1=O. The van der Waals surface area contributed by atoms with Crippen molar-refractivity contribution in [2.45, 2.75) is 25.9 Å². The minimum Gasteiger partial charge on any atom is -0.461 e. The molecule has 12 heteroatoms. The summed E-state index contributed by atoms with van der Waals surface area (Å²) in [4.78, 5) is 64.0. The van der Waals surface area contributed by atoms with Crippen LogP contribution in [0.3, 0.4) is 0 Å². The van der Waals surface area contributed by atoms with E-state index in [0.717, 1.165) is 12.2 Å². The zero-order valence-corrected chi connectivity index (χ0v) is 16.2. The lowest BCUT2D eigenvalue weighted by Crippen LogP contribution is -2.54. The number of rotatable bonds is 13. The highest BCUT2D eigenvalue weighted by Gasteiger charge is 2.15. The van der Waals surface area contributed by atoms with Crippen LogP contribution in [0.5, 0.6) is 0 Å². The number of nitrogens with zero attached hydrogens (tertiary/aromatic N) is 3. The fraction of sp³-hybridized carbons (Fsp3) is 0.389. The number of aromatic nitrogens is 3. The molecule has 0 saturated carbocycles. The van der Waals surface area contributed by atoms with Crippen LogP contribution in [-0.2, 0) is 37.0 Å². The molecule has 0 bridgehead atoms. The van der Waals surface area contributed by atoms with E-state index in [1.54, 1.807) is 0 Å². The molecule has 0 aliphatic rings. The van der Waals surface area contributed by atoms with Crippen LogP contribution in [0.25, 0.3) is 6.20 Å². The van der Waals surface area contributed by atoms with E-state index in [-0.39, 0.29) is 32.9 Å². The van der Waals surface area contributed by atoms with Crippen LogP contribution in [0.15, 0.2) is 45.8 Å². The Labute approximate surface area is 170 Å². The van der Waals surface area contributed by atoms with Gasteiger partial charge in [-0.1, -0.05) is 19.2 Å². The van der Waals surface area contributed by atoms with Gasteiger partial charge < -0.3 is 9.47 Å². The molecule has 1 N–H and O–H groups in total. The summed E-state index contributed by atoms with van der Waals surface area (Å²) in [5.74, 6) is -1.47. The Bertz CT molecular complexity index is 904. The predicted octanol–water partition coefficient (Wildman–Crippen LogP) is -0.629. The van der Waals surface area contributed by atoms with E-state index in [1.165, 1.54) is 12.3 Å². The minimum absolute atomic E-state index is 0.0618. The molecule has 0 spiro atoms. The number of carbonyl (C=O) groups is 2. The van der Waals surface area contributed by atoms with E-state index >= 15 is 0 Å². The molecule has 0 aliphatic carbocycles.